The van der Waals surface area contributed by atoms with Gasteiger partial charge in [-0.3, -0.25) is 14.9 Å². The summed E-state index contributed by atoms with van der Waals surface area (Å²) < 4.78 is 4.91. The van der Waals surface area contributed by atoms with Gasteiger partial charge in [-0.15, -0.1) is 10.2 Å². The summed E-state index contributed by atoms with van der Waals surface area (Å²) in [6.07, 6.45) is 0. The van der Waals surface area contributed by atoms with Crippen LogP contribution in [0.1, 0.15) is 42.1 Å². The highest BCUT2D eigenvalue weighted by atomic mass is 32.1. The molecular weight excluding hydrogens is 290 g/mol. The predicted octanol–water partition coefficient (Wildman–Crippen LogP) is 2.84. The summed E-state index contributed by atoms with van der Waals surface area (Å²) in [7, 11) is 0. The van der Waals surface area contributed by atoms with Gasteiger partial charge in [0.1, 0.15) is 10.8 Å². The first-order chi connectivity index (χ1) is 9.95. The van der Waals surface area contributed by atoms with E-state index in [9.17, 15) is 9.59 Å². The van der Waals surface area contributed by atoms with Crippen LogP contribution in [0.2, 0.25) is 0 Å². The molecule has 2 aromatic rings. The van der Waals surface area contributed by atoms with Gasteiger partial charge in [0.2, 0.25) is 5.13 Å². The maximum atomic E-state index is 12.0. The molecule has 0 spiro atoms. The highest BCUT2D eigenvalue weighted by Gasteiger charge is 2.12. The standard InChI is InChI=1S/C14H15N3O3S/c1-8(2)13-16-17-14(21-13)15-12(19)10-4-6-11(7-5-10)20-9(3)18/h4-8H,1-3H3,(H,15,17,19). The number of nitrogens with one attached hydrogen (secondary N) is 1. The smallest absolute Gasteiger partial charge is 0.308 e. The molecule has 0 aliphatic rings. The van der Waals surface area contributed by atoms with E-state index in [4.69, 9.17) is 4.74 Å². The minimum Gasteiger partial charge on any atom is -0.427 e. The molecule has 7 heteroatoms. The summed E-state index contributed by atoms with van der Waals surface area (Å²) in [6.45, 7) is 5.35. The predicted molar refractivity (Wildman–Crippen MR) is 79.7 cm³/mol. The summed E-state index contributed by atoms with van der Waals surface area (Å²) in [4.78, 5) is 22.9. The Hall–Kier alpha value is -2.28. The number of esters is 1. The average Bonchev–Trinajstić information content (AvgIpc) is 2.87. The molecule has 2 rings (SSSR count). The van der Waals surface area contributed by atoms with Crippen molar-refractivity contribution in [2.75, 3.05) is 5.32 Å². The lowest BCUT2D eigenvalue weighted by molar-refractivity contribution is -0.131. The van der Waals surface area contributed by atoms with Gasteiger partial charge in [-0.05, 0) is 24.3 Å². The van der Waals surface area contributed by atoms with Crippen molar-refractivity contribution in [3.8, 4) is 5.75 Å². The molecule has 0 bridgehead atoms. The quantitative estimate of drug-likeness (QED) is 0.694. The maximum Gasteiger partial charge on any atom is 0.308 e. The Morgan fingerprint density at radius 2 is 1.86 bits per heavy atom. The highest BCUT2D eigenvalue weighted by Crippen LogP contribution is 2.23. The molecule has 0 saturated carbocycles. The lowest BCUT2D eigenvalue weighted by Crippen LogP contribution is -2.11. The molecular formula is C14H15N3O3S. The monoisotopic (exact) mass is 305 g/mol. The van der Waals surface area contributed by atoms with Crippen LogP contribution in [0.25, 0.3) is 0 Å². The fourth-order valence-corrected chi connectivity index (χ4v) is 2.27. The van der Waals surface area contributed by atoms with E-state index in [1.54, 1.807) is 24.3 Å². The molecule has 0 aliphatic heterocycles. The molecule has 21 heavy (non-hydrogen) atoms. The second-order valence-electron chi connectivity index (χ2n) is 4.67. The molecule has 1 amide bonds. The highest BCUT2D eigenvalue weighted by molar-refractivity contribution is 7.15. The number of carbonyl (C=O) groups excluding carboxylic acids is 2. The molecule has 0 fully saturated rings. The van der Waals surface area contributed by atoms with Crippen LogP contribution in [0.4, 0.5) is 5.13 Å². The summed E-state index contributed by atoms with van der Waals surface area (Å²) in [6, 6.07) is 6.29. The van der Waals surface area contributed by atoms with E-state index in [-0.39, 0.29) is 11.8 Å². The molecule has 0 radical (unpaired) electrons. The van der Waals surface area contributed by atoms with E-state index in [2.05, 4.69) is 15.5 Å². The van der Waals surface area contributed by atoms with Crippen molar-refractivity contribution >= 4 is 28.3 Å². The van der Waals surface area contributed by atoms with Crippen LogP contribution in [0.3, 0.4) is 0 Å². The van der Waals surface area contributed by atoms with E-state index in [0.29, 0.717) is 16.4 Å². The molecule has 1 aromatic heterocycles. The summed E-state index contributed by atoms with van der Waals surface area (Å²) in [5.74, 6) is -0.00803. The number of amides is 1. The second kappa shape index (κ2) is 6.45. The third-order valence-corrected chi connectivity index (χ3v) is 3.67. The van der Waals surface area contributed by atoms with Gasteiger partial charge in [-0.25, -0.2) is 0 Å². The van der Waals surface area contributed by atoms with Crippen molar-refractivity contribution in [1.82, 2.24) is 10.2 Å². The number of rotatable bonds is 4. The molecule has 1 aromatic carbocycles. The molecule has 0 aliphatic carbocycles. The van der Waals surface area contributed by atoms with Crippen LogP contribution >= 0.6 is 11.3 Å². The lowest BCUT2D eigenvalue weighted by atomic mass is 10.2. The van der Waals surface area contributed by atoms with Crippen LogP contribution in [0.5, 0.6) is 5.75 Å². The lowest BCUT2D eigenvalue weighted by Gasteiger charge is -2.03. The molecule has 1 heterocycles. The summed E-state index contributed by atoms with van der Waals surface area (Å²) in [5, 5.41) is 12.0. The number of nitrogens with zero attached hydrogens (tertiary/aromatic N) is 2. The molecule has 0 atom stereocenters. The van der Waals surface area contributed by atoms with Crippen molar-refractivity contribution in [2.45, 2.75) is 26.7 Å². The van der Waals surface area contributed by atoms with E-state index >= 15 is 0 Å². The Labute approximate surface area is 126 Å². The number of anilines is 1. The van der Waals surface area contributed by atoms with Crippen molar-refractivity contribution in [3.63, 3.8) is 0 Å². The molecule has 110 valence electrons. The van der Waals surface area contributed by atoms with Gasteiger partial charge in [0.15, 0.2) is 0 Å². The zero-order chi connectivity index (χ0) is 15.4. The van der Waals surface area contributed by atoms with Crippen LogP contribution in [-0.2, 0) is 4.79 Å². The van der Waals surface area contributed by atoms with E-state index in [0.717, 1.165) is 5.01 Å². The van der Waals surface area contributed by atoms with Gasteiger partial charge in [0, 0.05) is 18.4 Å². The number of aromatic nitrogens is 2. The minimum absolute atomic E-state index is 0.274. The number of hydrogen-bond donors (Lipinski definition) is 1. The van der Waals surface area contributed by atoms with Gasteiger partial charge >= 0.3 is 5.97 Å². The average molecular weight is 305 g/mol. The van der Waals surface area contributed by atoms with Gasteiger partial charge in [0.25, 0.3) is 5.91 Å². The zero-order valence-corrected chi connectivity index (χ0v) is 12.7. The van der Waals surface area contributed by atoms with Crippen molar-refractivity contribution in [2.24, 2.45) is 0 Å². The number of ether oxygens (including phenoxy) is 1. The van der Waals surface area contributed by atoms with Crippen LogP contribution < -0.4 is 10.1 Å². The Morgan fingerprint density at radius 1 is 1.19 bits per heavy atom. The Bertz CT molecular complexity index is 650. The SMILES string of the molecule is CC(=O)Oc1ccc(C(=O)Nc2nnc(C(C)C)s2)cc1. The molecule has 1 N–H and O–H groups in total. The van der Waals surface area contributed by atoms with Crippen molar-refractivity contribution in [3.05, 3.63) is 34.8 Å². The molecule has 0 saturated heterocycles. The maximum absolute atomic E-state index is 12.0. The minimum atomic E-state index is -0.401. The van der Waals surface area contributed by atoms with Crippen molar-refractivity contribution < 1.29 is 14.3 Å². The topological polar surface area (TPSA) is 81.2 Å². The first-order valence-electron chi connectivity index (χ1n) is 6.39. The Balaban J connectivity index is 2.04. The largest absolute Gasteiger partial charge is 0.427 e. The van der Waals surface area contributed by atoms with Crippen LogP contribution in [0, 0.1) is 0 Å². The van der Waals surface area contributed by atoms with Gasteiger partial charge in [0.05, 0.1) is 0 Å². The molecule has 0 unspecified atom stereocenters. The number of hydrogen-bond acceptors (Lipinski definition) is 6. The van der Waals surface area contributed by atoms with E-state index < -0.39 is 5.97 Å². The van der Waals surface area contributed by atoms with Gasteiger partial charge < -0.3 is 4.74 Å². The number of benzene rings is 1. The summed E-state index contributed by atoms with van der Waals surface area (Å²) >= 11 is 1.35. The van der Waals surface area contributed by atoms with Crippen LogP contribution in [-0.4, -0.2) is 22.1 Å². The zero-order valence-electron chi connectivity index (χ0n) is 11.9. The normalized spacial score (nSPS) is 10.5. The third kappa shape index (κ3) is 4.09. The summed E-state index contributed by atoms with van der Waals surface area (Å²) in [5.41, 5.74) is 0.451. The van der Waals surface area contributed by atoms with Gasteiger partial charge in [-0.2, -0.15) is 0 Å². The molecule has 6 nitrogen and oxygen atoms in total. The number of carbonyl (C=O) groups is 2. The van der Waals surface area contributed by atoms with Gasteiger partial charge in [-0.1, -0.05) is 25.2 Å². The Morgan fingerprint density at radius 3 is 2.38 bits per heavy atom. The van der Waals surface area contributed by atoms with Crippen molar-refractivity contribution in [1.29, 1.82) is 0 Å². The van der Waals surface area contributed by atoms with Crippen LogP contribution in [0.15, 0.2) is 24.3 Å². The first kappa shape index (κ1) is 15.1. The third-order valence-electron chi connectivity index (χ3n) is 2.53. The van der Waals surface area contributed by atoms with E-state index in [1.165, 1.54) is 18.3 Å². The first-order valence-corrected chi connectivity index (χ1v) is 7.20. The van der Waals surface area contributed by atoms with E-state index in [1.807, 2.05) is 13.8 Å². The fourth-order valence-electron chi connectivity index (χ4n) is 1.53. The fraction of sp³-hybridized carbons (Fsp3) is 0.286. The Kier molecular flexibility index (Phi) is 4.64. The second-order valence-corrected chi connectivity index (χ2v) is 5.68.